The third-order valence-corrected chi connectivity index (χ3v) is 4.44. The first-order chi connectivity index (χ1) is 8.51. The lowest BCUT2D eigenvalue weighted by atomic mass is 10.3. The van der Waals surface area contributed by atoms with Gasteiger partial charge < -0.3 is 4.57 Å². The van der Waals surface area contributed by atoms with Gasteiger partial charge in [-0.2, -0.15) is 0 Å². The first-order valence-corrected chi connectivity index (χ1v) is 8.71. The van der Waals surface area contributed by atoms with Crippen LogP contribution in [0.4, 0.5) is 0 Å². The van der Waals surface area contributed by atoms with Crippen LogP contribution >= 0.6 is 15.9 Å². The monoisotopic (exact) mass is 337 g/mol. The highest BCUT2D eigenvalue weighted by Gasteiger charge is 2.18. The van der Waals surface area contributed by atoms with Crippen molar-refractivity contribution in [1.82, 2.24) is 14.3 Å². The zero-order valence-electron chi connectivity index (χ0n) is 10.8. The summed E-state index contributed by atoms with van der Waals surface area (Å²) < 4.78 is 28.4. The first kappa shape index (κ1) is 15.7. The molecule has 0 fully saturated rings. The van der Waals surface area contributed by atoms with Gasteiger partial charge in [-0.05, 0) is 26.2 Å². The molecule has 1 N–H and O–H groups in total. The fourth-order valence-electron chi connectivity index (χ4n) is 1.58. The third kappa shape index (κ3) is 4.37. The number of nitrogens with zero attached hydrogens (tertiary/aromatic N) is 2. The van der Waals surface area contributed by atoms with Crippen molar-refractivity contribution in [3.63, 3.8) is 0 Å². The Morgan fingerprint density at radius 1 is 1.44 bits per heavy atom. The summed E-state index contributed by atoms with van der Waals surface area (Å²) in [5.74, 6) is 0.734. The molecule has 1 rings (SSSR count). The van der Waals surface area contributed by atoms with Gasteiger partial charge >= 0.3 is 0 Å². The van der Waals surface area contributed by atoms with Crippen molar-refractivity contribution >= 4 is 26.0 Å². The third-order valence-electron chi connectivity index (χ3n) is 2.55. The zero-order valence-corrected chi connectivity index (χ0v) is 13.2. The molecular formula is C11H20BrN3O2S. The summed E-state index contributed by atoms with van der Waals surface area (Å²) in [4.78, 5) is 4.10. The van der Waals surface area contributed by atoms with Crippen molar-refractivity contribution in [2.75, 3.05) is 11.9 Å². The Labute approximate surface area is 117 Å². The maximum atomic E-state index is 12.0. The van der Waals surface area contributed by atoms with Gasteiger partial charge in [-0.15, -0.1) is 0 Å². The minimum atomic E-state index is -3.46. The van der Waals surface area contributed by atoms with Crippen LogP contribution in [0.1, 0.15) is 32.0 Å². The van der Waals surface area contributed by atoms with Gasteiger partial charge in [0, 0.05) is 24.6 Å². The average molecular weight is 338 g/mol. The van der Waals surface area contributed by atoms with E-state index < -0.39 is 10.0 Å². The van der Waals surface area contributed by atoms with E-state index in [2.05, 4.69) is 25.6 Å². The number of aromatic nitrogens is 2. The molecule has 0 unspecified atom stereocenters. The van der Waals surface area contributed by atoms with E-state index >= 15 is 0 Å². The molecule has 0 aliphatic rings. The molecule has 0 aromatic carbocycles. The van der Waals surface area contributed by atoms with Crippen molar-refractivity contribution in [3.8, 4) is 0 Å². The standard InChI is InChI=1S/C11H20BrN3O2S/c1-3-8-15-9-11(14-10(15)2)18(16,17)13-7-5-4-6-12/h9,13H,3-8H2,1-2H3. The van der Waals surface area contributed by atoms with Gasteiger partial charge in [0.2, 0.25) is 0 Å². The zero-order chi connectivity index (χ0) is 13.6. The summed E-state index contributed by atoms with van der Waals surface area (Å²) in [5.41, 5.74) is 0. The van der Waals surface area contributed by atoms with Crippen LogP contribution in [0.2, 0.25) is 0 Å². The Bertz CT molecular complexity index is 471. The van der Waals surface area contributed by atoms with Crippen molar-refractivity contribution in [3.05, 3.63) is 12.0 Å². The van der Waals surface area contributed by atoms with Gasteiger partial charge in [0.25, 0.3) is 10.0 Å². The molecule has 1 aromatic rings. The fourth-order valence-corrected chi connectivity index (χ4v) is 3.05. The Balaban J connectivity index is 2.69. The number of sulfonamides is 1. The highest BCUT2D eigenvalue weighted by molar-refractivity contribution is 9.09. The number of aryl methyl sites for hydroxylation is 2. The van der Waals surface area contributed by atoms with Crippen LogP contribution in [0.5, 0.6) is 0 Å². The lowest BCUT2D eigenvalue weighted by Crippen LogP contribution is -2.25. The largest absolute Gasteiger partial charge is 0.334 e. The average Bonchev–Trinajstić information content (AvgIpc) is 2.68. The highest BCUT2D eigenvalue weighted by Crippen LogP contribution is 2.09. The molecule has 0 bridgehead atoms. The second-order valence-electron chi connectivity index (χ2n) is 4.11. The minimum Gasteiger partial charge on any atom is -0.334 e. The van der Waals surface area contributed by atoms with E-state index in [1.807, 2.05) is 18.4 Å². The molecule has 0 saturated heterocycles. The molecule has 0 atom stereocenters. The maximum absolute atomic E-state index is 12.0. The molecule has 0 spiro atoms. The minimum absolute atomic E-state index is 0.118. The van der Waals surface area contributed by atoms with Crippen LogP contribution in [0.25, 0.3) is 0 Å². The summed E-state index contributed by atoms with van der Waals surface area (Å²) >= 11 is 3.31. The van der Waals surface area contributed by atoms with Crippen LogP contribution in [0.15, 0.2) is 11.2 Å². The summed E-state index contributed by atoms with van der Waals surface area (Å²) in [6.45, 7) is 5.11. The molecule has 5 nitrogen and oxygen atoms in total. The van der Waals surface area contributed by atoms with Crippen molar-refractivity contribution < 1.29 is 8.42 Å². The number of rotatable bonds is 8. The van der Waals surface area contributed by atoms with E-state index in [0.29, 0.717) is 6.54 Å². The topological polar surface area (TPSA) is 64.0 Å². The first-order valence-electron chi connectivity index (χ1n) is 6.10. The van der Waals surface area contributed by atoms with Gasteiger partial charge in [-0.1, -0.05) is 22.9 Å². The number of hydrogen-bond acceptors (Lipinski definition) is 3. The Hall–Kier alpha value is -0.400. The number of halogens is 1. The predicted octanol–water partition coefficient (Wildman–Crippen LogP) is 2.05. The predicted molar refractivity (Wildman–Crippen MR) is 75.5 cm³/mol. The Kier molecular flexibility index (Phi) is 6.31. The molecule has 1 aromatic heterocycles. The molecule has 7 heteroatoms. The molecule has 1 heterocycles. The molecule has 0 amide bonds. The maximum Gasteiger partial charge on any atom is 0.259 e. The summed E-state index contributed by atoms with van der Waals surface area (Å²) in [5, 5.41) is 1.01. The van der Waals surface area contributed by atoms with Crippen molar-refractivity contribution in [2.45, 2.75) is 44.7 Å². The lowest BCUT2D eigenvalue weighted by Gasteiger charge is -2.03. The lowest BCUT2D eigenvalue weighted by molar-refractivity contribution is 0.575. The number of hydrogen-bond donors (Lipinski definition) is 1. The molecule has 104 valence electrons. The van der Waals surface area contributed by atoms with Gasteiger partial charge in [-0.25, -0.2) is 18.1 Å². The Morgan fingerprint density at radius 3 is 2.78 bits per heavy atom. The van der Waals surface area contributed by atoms with E-state index in [-0.39, 0.29) is 5.03 Å². The quantitative estimate of drug-likeness (QED) is 0.583. The van der Waals surface area contributed by atoms with Crippen LogP contribution in [0, 0.1) is 6.92 Å². The number of imidazole rings is 1. The SMILES string of the molecule is CCCn1cc(S(=O)(=O)NCCCCBr)nc1C. The molecule has 18 heavy (non-hydrogen) atoms. The van der Waals surface area contributed by atoms with Crippen LogP contribution in [0.3, 0.4) is 0 Å². The molecule has 0 aliphatic heterocycles. The van der Waals surface area contributed by atoms with Crippen LogP contribution in [-0.2, 0) is 16.6 Å². The van der Waals surface area contributed by atoms with Crippen LogP contribution in [-0.4, -0.2) is 29.8 Å². The molecular weight excluding hydrogens is 318 g/mol. The molecule has 0 aliphatic carbocycles. The fraction of sp³-hybridized carbons (Fsp3) is 0.727. The van der Waals surface area contributed by atoms with Crippen molar-refractivity contribution in [2.24, 2.45) is 0 Å². The van der Waals surface area contributed by atoms with Crippen molar-refractivity contribution in [1.29, 1.82) is 0 Å². The van der Waals surface area contributed by atoms with Gasteiger partial charge in [0.15, 0.2) is 5.03 Å². The van der Waals surface area contributed by atoms with Gasteiger partial charge in [-0.3, -0.25) is 0 Å². The van der Waals surface area contributed by atoms with Crippen LogP contribution < -0.4 is 4.72 Å². The molecule has 0 saturated carbocycles. The molecule has 0 radical (unpaired) electrons. The summed E-state index contributed by atoms with van der Waals surface area (Å²) in [6.07, 6.45) is 4.33. The van der Waals surface area contributed by atoms with E-state index in [9.17, 15) is 8.42 Å². The number of unbranched alkanes of at least 4 members (excludes halogenated alkanes) is 1. The van der Waals surface area contributed by atoms with E-state index in [1.165, 1.54) is 0 Å². The van der Waals surface area contributed by atoms with E-state index in [1.54, 1.807) is 6.20 Å². The van der Waals surface area contributed by atoms with Gasteiger partial charge in [0.05, 0.1) is 0 Å². The summed E-state index contributed by atoms with van der Waals surface area (Å²) in [6, 6.07) is 0. The Morgan fingerprint density at radius 2 is 2.17 bits per heavy atom. The second kappa shape index (κ2) is 7.25. The van der Waals surface area contributed by atoms with Gasteiger partial charge in [0.1, 0.15) is 5.82 Å². The number of nitrogens with one attached hydrogen (secondary N) is 1. The van der Waals surface area contributed by atoms with E-state index in [0.717, 1.165) is 37.0 Å². The smallest absolute Gasteiger partial charge is 0.259 e. The summed E-state index contributed by atoms with van der Waals surface area (Å²) in [7, 11) is -3.46. The second-order valence-corrected chi connectivity index (χ2v) is 6.62. The normalized spacial score (nSPS) is 11.9. The van der Waals surface area contributed by atoms with E-state index in [4.69, 9.17) is 0 Å². The highest BCUT2D eigenvalue weighted by atomic mass is 79.9. The number of alkyl halides is 1.